The first-order valence-corrected chi connectivity index (χ1v) is 5.35. The van der Waals surface area contributed by atoms with Gasteiger partial charge in [-0.15, -0.1) is 0 Å². The molecule has 0 aromatic carbocycles. The van der Waals surface area contributed by atoms with Crippen molar-refractivity contribution in [3.05, 3.63) is 0 Å². The van der Waals surface area contributed by atoms with Crippen molar-refractivity contribution >= 4 is 5.97 Å². The maximum absolute atomic E-state index is 11.6. The van der Waals surface area contributed by atoms with Crippen LogP contribution in [0.25, 0.3) is 0 Å². The topological polar surface area (TPSA) is 35.5 Å². The average Bonchev–Trinajstić information content (AvgIpc) is 2.57. The molecule has 0 aromatic heterocycles. The van der Waals surface area contributed by atoms with Crippen LogP contribution < -0.4 is 0 Å². The Balaban J connectivity index is 2.60. The zero-order valence-electron chi connectivity index (χ0n) is 9.34. The fourth-order valence-corrected chi connectivity index (χ4v) is 2.13. The fraction of sp³-hybridized carbons (Fsp3) is 0.909. The van der Waals surface area contributed by atoms with E-state index in [4.69, 9.17) is 9.47 Å². The standard InChI is InChI=1S/C11H20O3/c1-4-8-14-9-6-5-7-11(9,2)10(12)13-3/h9H,4-8H2,1-3H3. The Morgan fingerprint density at radius 1 is 1.57 bits per heavy atom. The number of hydrogen-bond acceptors (Lipinski definition) is 3. The summed E-state index contributed by atoms with van der Waals surface area (Å²) in [4.78, 5) is 11.6. The Bertz CT molecular complexity index is 203. The molecule has 0 heterocycles. The van der Waals surface area contributed by atoms with Crippen molar-refractivity contribution in [2.75, 3.05) is 13.7 Å². The lowest BCUT2D eigenvalue weighted by Gasteiger charge is -2.28. The molecule has 3 nitrogen and oxygen atoms in total. The number of hydrogen-bond donors (Lipinski definition) is 0. The zero-order chi connectivity index (χ0) is 10.6. The summed E-state index contributed by atoms with van der Waals surface area (Å²) in [6, 6.07) is 0. The molecule has 2 atom stereocenters. The molecule has 1 fully saturated rings. The number of esters is 1. The third-order valence-corrected chi connectivity index (χ3v) is 3.05. The van der Waals surface area contributed by atoms with E-state index in [-0.39, 0.29) is 12.1 Å². The van der Waals surface area contributed by atoms with Crippen LogP contribution in [0, 0.1) is 5.41 Å². The van der Waals surface area contributed by atoms with Gasteiger partial charge in [-0.2, -0.15) is 0 Å². The summed E-state index contributed by atoms with van der Waals surface area (Å²) in [5.74, 6) is -0.129. The lowest BCUT2D eigenvalue weighted by molar-refractivity contribution is -0.159. The van der Waals surface area contributed by atoms with Crippen molar-refractivity contribution in [2.45, 2.75) is 45.6 Å². The molecule has 0 radical (unpaired) electrons. The van der Waals surface area contributed by atoms with E-state index in [9.17, 15) is 4.79 Å². The van der Waals surface area contributed by atoms with Crippen LogP contribution in [0.3, 0.4) is 0 Å². The first-order valence-electron chi connectivity index (χ1n) is 5.35. The summed E-state index contributed by atoms with van der Waals surface area (Å²) < 4.78 is 10.5. The van der Waals surface area contributed by atoms with E-state index in [0.29, 0.717) is 0 Å². The van der Waals surface area contributed by atoms with Crippen LogP contribution in [-0.4, -0.2) is 25.8 Å². The number of carbonyl (C=O) groups is 1. The van der Waals surface area contributed by atoms with E-state index >= 15 is 0 Å². The molecule has 0 spiro atoms. The lowest BCUT2D eigenvalue weighted by Crippen LogP contribution is -2.38. The van der Waals surface area contributed by atoms with Gasteiger partial charge < -0.3 is 9.47 Å². The van der Waals surface area contributed by atoms with E-state index in [1.54, 1.807) is 0 Å². The zero-order valence-corrected chi connectivity index (χ0v) is 9.34. The summed E-state index contributed by atoms with van der Waals surface area (Å²) in [7, 11) is 1.45. The molecule has 14 heavy (non-hydrogen) atoms. The molecule has 2 unspecified atom stereocenters. The molecule has 1 rings (SSSR count). The van der Waals surface area contributed by atoms with Crippen LogP contribution in [-0.2, 0) is 14.3 Å². The highest BCUT2D eigenvalue weighted by atomic mass is 16.5. The maximum atomic E-state index is 11.6. The molecule has 0 bridgehead atoms. The Kier molecular flexibility index (Phi) is 3.93. The van der Waals surface area contributed by atoms with Crippen LogP contribution >= 0.6 is 0 Å². The van der Waals surface area contributed by atoms with Gasteiger partial charge in [0.1, 0.15) is 0 Å². The van der Waals surface area contributed by atoms with E-state index < -0.39 is 5.41 Å². The summed E-state index contributed by atoms with van der Waals surface area (Å²) in [6.07, 6.45) is 3.96. The van der Waals surface area contributed by atoms with Crippen molar-refractivity contribution in [2.24, 2.45) is 5.41 Å². The van der Waals surface area contributed by atoms with Crippen LogP contribution in [0.15, 0.2) is 0 Å². The minimum Gasteiger partial charge on any atom is -0.469 e. The largest absolute Gasteiger partial charge is 0.469 e. The van der Waals surface area contributed by atoms with Crippen molar-refractivity contribution in [3.8, 4) is 0 Å². The minimum atomic E-state index is -0.413. The van der Waals surface area contributed by atoms with E-state index in [0.717, 1.165) is 32.3 Å². The van der Waals surface area contributed by atoms with Gasteiger partial charge in [-0.3, -0.25) is 4.79 Å². The minimum absolute atomic E-state index is 0.0508. The predicted molar refractivity (Wildman–Crippen MR) is 54.0 cm³/mol. The number of rotatable bonds is 4. The van der Waals surface area contributed by atoms with Crippen molar-refractivity contribution in [1.82, 2.24) is 0 Å². The highest BCUT2D eigenvalue weighted by molar-refractivity contribution is 5.77. The molecule has 0 aromatic rings. The van der Waals surface area contributed by atoms with Gasteiger partial charge in [-0.25, -0.2) is 0 Å². The molecule has 3 heteroatoms. The molecule has 0 amide bonds. The summed E-state index contributed by atoms with van der Waals surface area (Å²) in [5, 5.41) is 0. The van der Waals surface area contributed by atoms with E-state index in [2.05, 4.69) is 6.92 Å². The highest BCUT2D eigenvalue weighted by Gasteiger charge is 2.46. The second-order valence-electron chi connectivity index (χ2n) is 4.16. The highest BCUT2D eigenvalue weighted by Crippen LogP contribution is 2.40. The second-order valence-corrected chi connectivity index (χ2v) is 4.16. The Morgan fingerprint density at radius 3 is 2.86 bits per heavy atom. The lowest BCUT2D eigenvalue weighted by atomic mass is 9.86. The van der Waals surface area contributed by atoms with Crippen LogP contribution in [0.2, 0.25) is 0 Å². The van der Waals surface area contributed by atoms with Gasteiger partial charge in [0.25, 0.3) is 0 Å². The van der Waals surface area contributed by atoms with Gasteiger partial charge in [0.2, 0.25) is 0 Å². The molecule has 1 saturated carbocycles. The van der Waals surface area contributed by atoms with Gasteiger partial charge in [-0.1, -0.05) is 6.92 Å². The smallest absolute Gasteiger partial charge is 0.314 e. The summed E-state index contributed by atoms with van der Waals surface area (Å²) >= 11 is 0. The fourth-order valence-electron chi connectivity index (χ4n) is 2.13. The van der Waals surface area contributed by atoms with Gasteiger partial charge >= 0.3 is 5.97 Å². The van der Waals surface area contributed by atoms with Crippen molar-refractivity contribution in [3.63, 3.8) is 0 Å². The molecule has 0 saturated heterocycles. The van der Waals surface area contributed by atoms with Crippen LogP contribution in [0.4, 0.5) is 0 Å². The van der Waals surface area contributed by atoms with E-state index in [1.165, 1.54) is 7.11 Å². The number of methoxy groups -OCH3 is 1. The first kappa shape index (κ1) is 11.5. The van der Waals surface area contributed by atoms with Crippen LogP contribution in [0.5, 0.6) is 0 Å². The average molecular weight is 200 g/mol. The molecule has 1 aliphatic rings. The first-order chi connectivity index (χ1) is 6.65. The third kappa shape index (κ3) is 2.08. The monoisotopic (exact) mass is 200 g/mol. The third-order valence-electron chi connectivity index (χ3n) is 3.05. The Labute approximate surface area is 85.8 Å². The SMILES string of the molecule is CCCOC1CCCC1(C)C(=O)OC. The summed E-state index contributed by atoms with van der Waals surface area (Å²) in [5.41, 5.74) is -0.413. The van der Waals surface area contributed by atoms with E-state index in [1.807, 2.05) is 6.92 Å². The maximum Gasteiger partial charge on any atom is 0.314 e. The normalized spacial score (nSPS) is 31.8. The van der Waals surface area contributed by atoms with Crippen molar-refractivity contribution in [1.29, 1.82) is 0 Å². The molecular weight excluding hydrogens is 180 g/mol. The van der Waals surface area contributed by atoms with Crippen LogP contribution in [0.1, 0.15) is 39.5 Å². The second kappa shape index (κ2) is 4.78. The molecule has 0 N–H and O–H groups in total. The van der Waals surface area contributed by atoms with Gasteiger partial charge in [0.05, 0.1) is 18.6 Å². The van der Waals surface area contributed by atoms with Crippen molar-refractivity contribution < 1.29 is 14.3 Å². The number of carbonyl (C=O) groups excluding carboxylic acids is 1. The molecule has 1 aliphatic carbocycles. The van der Waals surface area contributed by atoms with Gasteiger partial charge in [0.15, 0.2) is 0 Å². The summed E-state index contributed by atoms with van der Waals surface area (Å²) in [6.45, 7) is 4.76. The van der Waals surface area contributed by atoms with Gasteiger partial charge in [0, 0.05) is 6.61 Å². The molecular formula is C11H20O3. The van der Waals surface area contributed by atoms with Gasteiger partial charge in [-0.05, 0) is 32.6 Å². The Hall–Kier alpha value is -0.570. The molecule has 0 aliphatic heterocycles. The quantitative estimate of drug-likeness (QED) is 0.652. The Morgan fingerprint density at radius 2 is 2.29 bits per heavy atom. The molecule has 82 valence electrons. The predicted octanol–water partition coefficient (Wildman–Crippen LogP) is 2.14. The number of ether oxygens (including phenoxy) is 2.